The zero-order chi connectivity index (χ0) is 15.3. The minimum Gasteiger partial charge on any atom is -0.480 e. The zero-order valence-electron chi connectivity index (χ0n) is 11.0. The van der Waals surface area contributed by atoms with Crippen LogP contribution in [-0.2, 0) is 9.59 Å². The summed E-state index contributed by atoms with van der Waals surface area (Å²) in [6.07, 6.45) is 1.36. The van der Waals surface area contributed by atoms with Crippen LogP contribution in [0, 0.1) is 0 Å². The predicted molar refractivity (Wildman–Crippen MR) is 78.1 cm³/mol. The average Bonchev–Trinajstić information content (AvgIpc) is 2.88. The van der Waals surface area contributed by atoms with E-state index in [4.69, 9.17) is 9.52 Å². The van der Waals surface area contributed by atoms with Crippen molar-refractivity contribution in [3.63, 3.8) is 0 Å². The van der Waals surface area contributed by atoms with Gasteiger partial charge < -0.3 is 14.8 Å². The van der Waals surface area contributed by atoms with Crippen LogP contribution in [0.15, 0.2) is 22.8 Å². The first-order valence-corrected chi connectivity index (χ1v) is 7.14. The number of amides is 1. The second-order valence-electron chi connectivity index (χ2n) is 4.42. The van der Waals surface area contributed by atoms with E-state index in [-0.39, 0.29) is 11.5 Å². The largest absolute Gasteiger partial charge is 0.480 e. The lowest BCUT2D eigenvalue weighted by Gasteiger charge is -2.23. The van der Waals surface area contributed by atoms with E-state index >= 15 is 0 Å². The Morgan fingerprint density at radius 2 is 2.15 bits per heavy atom. The SMILES string of the molecule is CC(C)(SC(=O)c1ccco1)C(=O)N[C@@H](CS)C(=O)O. The first-order chi connectivity index (χ1) is 9.27. The topological polar surface area (TPSA) is 96.6 Å². The maximum atomic E-state index is 12.0. The van der Waals surface area contributed by atoms with Crippen molar-refractivity contribution in [1.29, 1.82) is 0 Å². The van der Waals surface area contributed by atoms with Gasteiger partial charge >= 0.3 is 5.97 Å². The number of nitrogens with one attached hydrogen (secondary N) is 1. The Hall–Kier alpha value is -1.41. The molecule has 8 heteroatoms. The Bertz CT molecular complexity index is 498. The second kappa shape index (κ2) is 6.85. The zero-order valence-corrected chi connectivity index (χ0v) is 12.7. The van der Waals surface area contributed by atoms with Crippen LogP contribution in [-0.4, -0.2) is 38.6 Å². The van der Waals surface area contributed by atoms with Gasteiger partial charge in [0, 0.05) is 5.75 Å². The molecule has 0 unspecified atom stereocenters. The smallest absolute Gasteiger partial charge is 0.327 e. The number of hydrogen-bond donors (Lipinski definition) is 3. The van der Waals surface area contributed by atoms with Crippen LogP contribution in [0.25, 0.3) is 0 Å². The fraction of sp³-hybridized carbons (Fsp3) is 0.417. The summed E-state index contributed by atoms with van der Waals surface area (Å²) in [5.74, 6) is -1.62. The number of furan rings is 1. The van der Waals surface area contributed by atoms with Crippen LogP contribution in [0.5, 0.6) is 0 Å². The minimum absolute atomic E-state index is 0.0338. The molecule has 20 heavy (non-hydrogen) atoms. The fourth-order valence-electron chi connectivity index (χ4n) is 1.24. The molecule has 0 saturated heterocycles. The van der Waals surface area contributed by atoms with Gasteiger partial charge in [0.15, 0.2) is 5.76 Å². The normalized spacial score (nSPS) is 12.8. The van der Waals surface area contributed by atoms with Crippen molar-refractivity contribution < 1.29 is 23.9 Å². The van der Waals surface area contributed by atoms with Crippen LogP contribution in [0.2, 0.25) is 0 Å². The van der Waals surface area contributed by atoms with Gasteiger partial charge in [0.1, 0.15) is 6.04 Å². The maximum Gasteiger partial charge on any atom is 0.327 e. The van der Waals surface area contributed by atoms with Gasteiger partial charge in [-0.25, -0.2) is 4.79 Å². The highest BCUT2D eigenvalue weighted by atomic mass is 32.2. The first-order valence-electron chi connectivity index (χ1n) is 5.69. The molecule has 1 aromatic rings. The number of thioether (sulfide) groups is 1. The molecular formula is C12H15NO5S2. The second-order valence-corrected chi connectivity index (χ2v) is 6.38. The molecule has 110 valence electrons. The minimum atomic E-state index is -1.17. The van der Waals surface area contributed by atoms with Crippen molar-refractivity contribution in [2.45, 2.75) is 24.6 Å². The molecule has 1 atom stereocenters. The Morgan fingerprint density at radius 1 is 1.50 bits per heavy atom. The quantitative estimate of drug-likeness (QED) is 0.687. The van der Waals surface area contributed by atoms with Gasteiger partial charge in [-0.15, -0.1) is 0 Å². The van der Waals surface area contributed by atoms with Gasteiger partial charge in [0.05, 0.1) is 11.0 Å². The molecule has 0 aromatic carbocycles. The molecule has 0 aliphatic carbocycles. The number of rotatable bonds is 6. The molecule has 1 aromatic heterocycles. The Morgan fingerprint density at radius 3 is 2.60 bits per heavy atom. The Balaban J connectivity index is 2.70. The van der Waals surface area contributed by atoms with Gasteiger partial charge in [-0.3, -0.25) is 9.59 Å². The first kappa shape index (κ1) is 16.6. The van der Waals surface area contributed by atoms with Gasteiger partial charge in [-0.1, -0.05) is 11.8 Å². The molecule has 1 amide bonds. The summed E-state index contributed by atoms with van der Waals surface area (Å²) in [6, 6.07) is 1.98. The highest BCUT2D eigenvalue weighted by molar-refractivity contribution is 8.15. The van der Waals surface area contributed by atoms with Crippen LogP contribution in [0.1, 0.15) is 24.4 Å². The standard InChI is InChI=1S/C12H15NO5S2/c1-12(2,11(17)13-7(6-19)9(14)15)20-10(16)8-4-3-5-18-8/h3-5,7,19H,6H2,1-2H3,(H,13,17)(H,14,15)/t7-/m0/s1. The molecule has 0 aliphatic rings. The van der Waals surface area contributed by atoms with Gasteiger partial charge in [0.2, 0.25) is 5.91 Å². The van der Waals surface area contributed by atoms with E-state index in [1.165, 1.54) is 26.2 Å². The molecule has 0 bridgehead atoms. The van der Waals surface area contributed by atoms with E-state index in [0.717, 1.165) is 11.8 Å². The summed E-state index contributed by atoms with van der Waals surface area (Å²) in [7, 11) is 0. The molecule has 0 fully saturated rings. The fourth-order valence-corrected chi connectivity index (χ4v) is 2.32. The average molecular weight is 317 g/mol. The lowest BCUT2D eigenvalue weighted by Crippen LogP contribution is -2.49. The van der Waals surface area contributed by atoms with Crippen molar-refractivity contribution >= 4 is 41.4 Å². The number of carboxylic acid groups (broad SMARTS) is 1. The van der Waals surface area contributed by atoms with E-state index in [9.17, 15) is 14.4 Å². The van der Waals surface area contributed by atoms with Crippen molar-refractivity contribution in [2.75, 3.05) is 5.75 Å². The third kappa shape index (κ3) is 4.31. The van der Waals surface area contributed by atoms with Gasteiger partial charge in [0.25, 0.3) is 5.12 Å². The number of carboxylic acids is 1. The number of thiol groups is 1. The molecule has 0 aliphatic heterocycles. The summed E-state index contributed by atoms with van der Waals surface area (Å²) < 4.78 is 3.83. The molecule has 0 spiro atoms. The summed E-state index contributed by atoms with van der Waals surface area (Å²) in [5.41, 5.74) is 0. The molecule has 1 heterocycles. The van der Waals surface area contributed by atoms with Crippen LogP contribution in [0.3, 0.4) is 0 Å². The van der Waals surface area contributed by atoms with Crippen LogP contribution >= 0.6 is 24.4 Å². The van der Waals surface area contributed by atoms with E-state index in [1.807, 2.05) is 0 Å². The van der Waals surface area contributed by atoms with Crippen molar-refractivity contribution in [1.82, 2.24) is 5.32 Å². The highest BCUT2D eigenvalue weighted by Crippen LogP contribution is 2.28. The van der Waals surface area contributed by atoms with Crippen LogP contribution in [0.4, 0.5) is 0 Å². The lowest BCUT2D eigenvalue weighted by molar-refractivity contribution is -0.141. The van der Waals surface area contributed by atoms with E-state index in [0.29, 0.717) is 0 Å². The summed E-state index contributed by atoms with van der Waals surface area (Å²) in [4.78, 5) is 34.8. The Kier molecular flexibility index (Phi) is 5.70. The van der Waals surface area contributed by atoms with E-state index in [2.05, 4.69) is 17.9 Å². The summed E-state index contributed by atoms with van der Waals surface area (Å²) in [5, 5.41) is 10.8. The third-order valence-electron chi connectivity index (χ3n) is 2.40. The number of carbonyl (C=O) groups excluding carboxylic acids is 2. The van der Waals surface area contributed by atoms with Crippen LogP contribution < -0.4 is 5.32 Å². The summed E-state index contributed by atoms with van der Waals surface area (Å²) >= 11 is 4.63. The van der Waals surface area contributed by atoms with Gasteiger partial charge in [-0.05, 0) is 26.0 Å². The monoisotopic (exact) mass is 317 g/mol. The predicted octanol–water partition coefficient (Wildman–Crippen LogP) is 1.43. The third-order valence-corrected chi connectivity index (χ3v) is 3.85. The maximum absolute atomic E-state index is 12.0. The molecule has 6 nitrogen and oxygen atoms in total. The number of carbonyl (C=O) groups is 3. The summed E-state index contributed by atoms with van der Waals surface area (Å²) in [6.45, 7) is 3.07. The highest BCUT2D eigenvalue weighted by Gasteiger charge is 2.34. The molecule has 2 N–H and O–H groups in total. The number of hydrogen-bond acceptors (Lipinski definition) is 6. The molecule has 0 radical (unpaired) electrons. The number of aliphatic carboxylic acids is 1. The van der Waals surface area contributed by atoms with E-state index < -0.39 is 27.8 Å². The lowest BCUT2D eigenvalue weighted by atomic mass is 10.2. The molecule has 0 saturated carbocycles. The van der Waals surface area contributed by atoms with Crippen molar-refractivity contribution in [2.24, 2.45) is 0 Å². The van der Waals surface area contributed by atoms with Crippen molar-refractivity contribution in [3.8, 4) is 0 Å². The van der Waals surface area contributed by atoms with Gasteiger partial charge in [-0.2, -0.15) is 12.6 Å². The van der Waals surface area contributed by atoms with E-state index in [1.54, 1.807) is 6.07 Å². The van der Waals surface area contributed by atoms with Crippen molar-refractivity contribution in [3.05, 3.63) is 24.2 Å². The molecule has 1 rings (SSSR count). The molecular weight excluding hydrogens is 302 g/mol. The Labute approximate surface area is 125 Å².